The molecule has 0 fully saturated rings. The highest BCUT2D eigenvalue weighted by molar-refractivity contribution is 7.89. The van der Waals surface area contributed by atoms with Gasteiger partial charge in [0.05, 0.1) is 26.3 Å². The number of aryl methyl sites for hydroxylation is 1. The van der Waals surface area contributed by atoms with Gasteiger partial charge < -0.3 is 0 Å². The number of primary sulfonamides is 1. The van der Waals surface area contributed by atoms with Crippen LogP contribution in [-0.4, -0.2) is 27.9 Å². The summed E-state index contributed by atoms with van der Waals surface area (Å²) in [5.41, 5.74) is 3.66. The number of halogens is 2. The van der Waals surface area contributed by atoms with Gasteiger partial charge in [-0.3, -0.25) is 4.57 Å². The molecule has 7 nitrogen and oxygen atoms in total. The fraction of sp³-hybridized carbons (Fsp3) is 0.0500. The summed E-state index contributed by atoms with van der Waals surface area (Å²) in [5.74, 6) is 0.441. The predicted molar refractivity (Wildman–Crippen MR) is 116 cm³/mol. The molecule has 0 aliphatic carbocycles. The van der Waals surface area contributed by atoms with Gasteiger partial charge in [0.15, 0.2) is 0 Å². The van der Waals surface area contributed by atoms with Gasteiger partial charge in [-0.1, -0.05) is 41.4 Å². The summed E-state index contributed by atoms with van der Waals surface area (Å²) in [7, 11) is -3.74. The number of nitrogens with two attached hydrogens (primary N) is 1. The highest BCUT2D eigenvalue weighted by Crippen LogP contribution is 2.28. The normalized spacial score (nSPS) is 11.6. The van der Waals surface area contributed by atoms with Gasteiger partial charge in [0, 0.05) is 23.0 Å². The van der Waals surface area contributed by atoms with Gasteiger partial charge in [-0.15, -0.1) is 0 Å². The number of hydrogen-bond donors (Lipinski definition) is 1. The van der Waals surface area contributed by atoms with Crippen LogP contribution in [0.25, 0.3) is 28.5 Å². The number of benzene rings is 2. The third kappa shape index (κ3) is 4.22. The lowest BCUT2D eigenvalue weighted by Gasteiger charge is -2.07. The number of nitrogens with zero attached hydrogens (tertiary/aromatic N) is 4. The van der Waals surface area contributed by atoms with Crippen molar-refractivity contribution >= 4 is 33.2 Å². The van der Waals surface area contributed by atoms with E-state index in [1.54, 1.807) is 41.4 Å². The van der Waals surface area contributed by atoms with Crippen LogP contribution in [0.3, 0.4) is 0 Å². The molecule has 0 bridgehead atoms. The number of aromatic nitrogens is 4. The minimum atomic E-state index is -3.74. The molecule has 152 valence electrons. The van der Waals surface area contributed by atoms with Crippen molar-refractivity contribution in [2.75, 3.05) is 0 Å². The maximum absolute atomic E-state index is 11.4. The highest BCUT2D eigenvalue weighted by Gasteiger charge is 2.12. The van der Waals surface area contributed by atoms with Crippen molar-refractivity contribution in [1.29, 1.82) is 0 Å². The zero-order valence-electron chi connectivity index (χ0n) is 15.6. The van der Waals surface area contributed by atoms with Crippen molar-refractivity contribution in [2.24, 2.45) is 5.14 Å². The van der Waals surface area contributed by atoms with E-state index in [4.69, 9.17) is 28.3 Å². The summed E-state index contributed by atoms with van der Waals surface area (Å²) in [5, 5.41) is 6.06. The van der Waals surface area contributed by atoms with E-state index in [9.17, 15) is 8.42 Å². The monoisotopic (exact) mass is 459 g/mol. The van der Waals surface area contributed by atoms with Crippen molar-refractivity contribution in [3.8, 4) is 28.5 Å². The largest absolute Gasteiger partial charge is 0.274 e. The molecule has 0 spiro atoms. The first-order valence-electron chi connectivity index (χ1n) is 8.69. The Bertz CT molecular complexity index is 1350. The van der Waals surface area contributed by atoms with E-state index in [0.717, 1.165) is 16.8 Å². The first kappa shape index (κ1) is 20.5. The van der Waals surface area contributed by atoms with Gasteiger partial charge in [-0.2, -0.15) is 0 Å². The van der Waals surface area contributed by atoms with Crippen LogP contribution in [-0.2, 0) is 10.0 Å². The first-order valence-corrected chi connectivity index (χ1v) is 11.0. The maximum atomic E-state index is 11.4. The molecule has 10 heteroatoms. The summed E-state index contributed by atoms with van der Waals surface area (Å²) >= 11 is 12.1. The van der Waals surface area contributed by atoms with Crippen LogP contribution in [0, 0.1) is 6.92 Å². The fourth-order valence-electron chi connectivity index (χ4n) is 2.87. The van der Waals surface area contributed by atoms with Crippen molar-refractivity contribution in [2.45, 2.75) is 11.8 Å². The third-order valence-corrected chi connectivity index (χ3v) is 6.02. The zero-order valence-corrected chi connectivity index (χ0v) is 17.9. The second-order valence-corrected chi connectivity index (χ2v) is 8.93. The Morgan fingerprint density at radius 2 is 1.60 bits per heavy atom. The Kier molecular flexibility index (Phi) is 5.33. The van der Waals surface area contributed by atoms with E-state index < -0.39 is 10.0 Å². The SMILES string of the molecule is Cc1cc(-c2ccc(Cl)c(Cl)c2)nc(-n2cnc(-c3ccc(S(N)(=O)=O)cc3)c2)n1. The van der Waals surface area contributed by atoms with Crippen molar-refractivity contribution in [3.63, 3.8) is 0 Å². The van der Waals surface area contributed by atoms with E-state index in [1.165, 1.54) is 12.1 Å². The van der Waals surface area contributed by atoms with Crippen LogP contribution in [0.2, 0.25) is 10.0 Å². The van der Waals surface area contributed by atoms with Crippen molar-refractivity contribution in [3.05, 3.63) is 76.8 Å². The molecule has 2 heterocycles. The lowest BCUT2D eigenvalue weighted by molar-refractivity contribution is 0.598. The molecule has 0 saturated carbocycles. The summed E-state index contributed by atoms with van der Waals surface area (Å²) in [6.45, 7) is 1.87. The number of imidazole rings is 1. The summed E-state index contributed by atoms with van der Waals surface area (Å²) in [6.07, 6.45) is 3.36. The molecular weight excluding hydrogens is 445 g/mol. The molecule has 30 heavy (non-hydrogen) atoms. The Hall–Kier alpha value is -2.78. The van der Waals surface area contributed by atoms with Gasteiger partial charge >= 0.3 is 0 Å². The second kappa shape index (κ2) is 7.81. The molecule has 2 aromatic heterocycles. The minimum Gasteiger partial charge on any atom is -0.274 e. The van der Waals surface area contributed by atoms with Crippen LogP contribution in [0.1, 0.15) is 5.69 Å². The van der Waals surface area contributed by atoms with Gasteiger partial charge in [0.2, 0.25) is 16.0 Å². The lowest BCUT2D eigenvalue weighted by atomic mass is 10.1. The molecular formula is C20H15Cl2N5O2S. The van der Waals surface area contributed by atoms with Gasteiger partial charge in [0.25, 0.3) is 0 Å². The number of hydrogen-bond acceptors (Lipinski definition) is 5. The Morgan fingerprint density at radius 1 is 0.900 bits per heavy atom. The van der Waals surface area contributed by atoms with E-state index in [0.29, 0.717) is 27.4 Å². The summed E-state index contributed by atoms with van der Waals surface area (Å²) in [6, 6.07) is 13.3. The molecule has 0 radical (unpaired) electrons. The molecule has 4 aromatic rings. The van der Waals surface area contributed by atoms with Gasteiger partial charge in [0.1, 0.15) is 6.33 Å². The lowest BCUT2D eigenvalue weighted by Crippen LogP contribution is -2.11. The molecule has 0 atom stereocenters. The minimum absolute atomic E-state index is 0.0407. The average molecular weight is 460 g/mol. The van der Waals surface area contributed by atoms with Crippen molar-refractivity contribution < 1.29 is 8.42 Å². The van der Waals surface area contributed by atoms with Crippen LogP contribution in [0.4, 0.5) is 0 Å². The molecule has 0 saturated heterocycles. The van der Waals surface area contributed by atoms with Crippen LogP contribution in [0.5, 0.6) is 0 Å². The van der Waals surface area contributed by atoms with E-state index in [-0.39, 0.29) is 4.90 Å². The molecule has 4 rings (SSSR count). The maximum Gasteiger partial charge on any atom is 0.238 e. The number of rotatable bonds is 4. The smallest absolute Gasteiger partial charge is 0.238 e. The summed E-state index contributed by atoms with van der Waals surface area (Å²) < 4.78 is 24.5. The Morgan fingerprint density at radius 3 is 2.27 bits per heavy atom. The predicted octanol–water partition coefficient (Wildman–Crippen LogP) is 4.26. The average Bonchev–Trinajstić information content (AvgIpc) is 3.19. The second-order valence-electron chi connectivity index (χ2n) is 6.56. The van der Waals surface area contributed by atoms with E-state index in [2.05, 4.69) is 15.0 Å². The Labute approximate surface area is 183 Å². The summed E-state index contributed by atoms with van der Waals surface area (Å²) in [4.78, 5) is 13.5. The quantitative estimate of drug-likeness (QED) is 0.490. The van der Waals surface area contributed by atoms with Crippen LogP contribution in [0.15, 0.2) is 66.0 Å². The third-order valence-electron chi connectivity index (χ3n) is 4.35. The first-order chi connectivity index (χ1) is 14.2. The van der Waals surface area contributed by atoms with Gasteiger partial charge in [-0.05, 0) is 37.3 Å². The van der Waals surface area contributed by atoms with Gasteiger partial charge in [-0.25, -0.2) is 28.5 Å². The van der Waals surface area contributed by atoms with E-state index >= 15 is 0 Å². The highest BCUT2D eigenvalue weighted by atomic mass is 35.5. The topological polar surface area (TPSA) is 104 Å². The van der Waals surface area contributed by atoms with E-state index in [1.807, 2.05) is 19.1 Å². The molecule has 2 N–H and O–H groups in total. The Balaban J connectivity index is 1.69. The van der Waals surface area contributed by atoms with Crippen LogP contribution >= 0.6 is 23.2 Å². The molecule has 0 aliphatic rings. The fourth-order valence-corrected chi connectivity index (χ4v) is 3.68. The zero-order chi connectivity index (χ0) is 21.5. The molecule has 0 amide bonds. The molecule has 2 aromatic carbocycles. The van der Waals surface area contributed by atoms with Crippen molar-refractivity contribution in [1.82, 2.24) is 19.5 Å². The number of sulfonamides is 1. The van der Waals surface area contributed by atoms with Crippen LogP contribution < -0.4 is 5.14 Å². The molecule has 0 unspecified atom stereocenters. The standard InChI is InChI=1S/C20H15Cl2N5O2S/c1-12-8-18(14-4-7-16(21)17(22)9-14)26-20(25-12)27-10-19(24-11-27)13-2-5-15(6-3-13)30(23,28)29/h2-11H,1H3,(H2,23,28,29). The molecule has 0 aliphatic heterocycles.